The van der Waals surface area contributed by atoms with E-state index >= 15 is 0 Å². The highest BCUT2D eigenvalue weighted by Crippen LogP contribution is 2.49. The molecule has 7 heteroatoms. The first kappa shape index (κ1) is 18.0. The lowest BCUT2D eigenvalue weighted by Crippen LogP contribution is -2.41. The number of fused-ring (bicyclic) bond motifs is 2. The molecule has 7 N–H and O–H groups in total. The smallest absolute Gasteiger partial charge is 0.138 e. The van der Waals surface area contributed by atoms with E-state index in [0.717, 1.165) is 36.3 Å². The minimum Gasteiger partial charge on any atom is -0.383 e. The quantitative estimate of drug-likeness (QED) is 0.564. The van der Waals surface area contributed by atoms with E-state index < -0.39 is 0 Å². The molecule has 1 aromatic carbocycles. The SMILES string of the molecule is Cc1cc(Nc2ncnc(N)c2C)c(CCN)c2c1NNC21CCCCC1. The fourth-order valence-electron chi connectivity index (χ4n) is 4.56. The second-order valence-electron chi connectivity index (χ2n) is 7.76. The highest BCUT2D eigenvalue weighted by Gasteiger charge is 2.42. The first-order chi connectivity index (χ1) is 13.1. The van der Waals surface area contributed by atoms with Crippen LogP contribution < -0.4 is 27.6 Å². The normalized spacial score (nSPS) is 17.6. The number of aromatic nitrogens is 2. The summed E-state index contributed by atoms with van der Waals surface area (Å²) in [6.07, 6.45) is 8.40. The molecule has 1 aliphatic heterocycles. The molecule has 2 aromatic rings. The number of nitrogen functional groups attached to an aromatic ring is 1. The number of nitrogens with zero attached hydrogens (tertiary/aromatic N) is 2. The van der Waals surface area contributed by atoms with Crippen LogP contribution in [0.5, 0.6) is 0 Å². The van der Waals surface area contributed by atoms with Gasteiger partial charge in [-0.3, -0.25) is 0 Å². The Morgan fingerprint density at radius 2 is 1.96 bits per heavy atom. The average Bonchev–Trinajstić information content (AvgIpc) is 3.02. The van der Waals surface area contributed by atoms with E-state index in [2.05, 4.69) is 39.1 Å². The van der Waals surface area contributed by atoms with E-state index in [1.165, 1.54) is 48.0 Å². The van der Waals surface area contributed by atoms with Crippen LogP contribution in [0.2, 0.25) is 0 Å². The number of nitrogens with two attached hydrogens (primary N) is 2. The van der Waals surface area contributed by atoms with E-state index in [-0.39, 0.29) is 5.54 Å². The summed E-state index contributed by atoms with van der Waals surface area (Å²) in [7, 11) is 0. The number of hydrazine groups is 1. The van der Waals surface area contributed by atoms with Gasteiger partial charge >= 0.3 is 0 Å². The van der Waals surface area contributed by atoms with Crippen LogP contribution in [0, 0.1) is 13.8 Å². The third-order valence-corrected chi connectivity index (χ3v) is 6.01. The molecule has 2 heterocycles. The van der Waals surface area contributed by atoms with Crippen LogP contribution in [0.15, 0.2) is 12.4 Å². The molecule has 7 nitrogen and oxygen atoms in total. The summed E-state index contributed by atoms with van der Waals surface area (Å²) < 4.78 is 0. The van der Waals surface area contributed by atoms with Crippen LogP contribution in [0.1, 0.15) is 54.4 Å². The Labute approximate surface area is 160 Å². The molecule has 1 aliphatic carbocycles. The molecule has 1 saturated carbocycles. The standard InChI is InChI=1S/C20H29N7/c1-12-10-15(25-19-13(2)18(22)23-11-24-19)14(6-9-21)16-17(12)26-27-20(16)7-4-3-5-8-20/h10-11,26-27H,3-9,21H2,1-2H3,(H3,22,23,24,25). The molecule has 0 bridgehead atoms. The van der Waals surface area contributed by atoms with Gasteiger partial charge < -0.3 is 22.2 Å². The van der Waals surface area contributed by atoms with Crippen molar-refractivity contribution in [3.05, 3.63) is 34.6 Å². The van der Waals surface area contributed by atoms with Gasteiger partial charge in [0.25, 0.3) is 0 Å². The van der Waals surface area contributed by atoms with Crippen molar-refractivity contribution in [2.24, 2.45) is 5.73 Å². The van der Waals surface area contributed by atoms with Gasteiger partial charge in [0.2, 0.25) is 0 Å². The topological polar surface area (TPSA) is 114 Å². The van der Waals surface area contributed by atoms with Gasteiger partial charge in [0.05, 0.1) is 11.2 Å². The van der Waals surface area contributed by atoms with Gasteiger partial charge in [-0.2, -0.15) is 0 Å². The molecular formula is C20H29N7. The molecule has 144 valence electrons. The summed E-state index contributed by atoms with van der Waals surface area (Å²) in [6, 6.07) is 2.18. The Kier molecular flexibility index (Phi) is 4.65. The zero-order chi connectivity index (χ0) is 19.0. The monoisotopic (exact) mass is 367 g/mol. The maximum Gasteiger partial charge on any atom is 0.138 e. The third kappa shape index (κ3) is 3.00. The van der Waals surface area contributed by atoms with Crippen LogP contribution in [0.25, 0.3) is 0 Å². The third-order valence-electron chi connectivity index (χ3n) is 6.01. The fourth-order valence-corrected chi connectivity index (χ4v) is 4.56. The van der Waals surface area contributed by atoms with Crippen LogP contribution in [0.4, 0.5) is 23.0 Å². The lowest BCUT2D eigenvalue weighted by molar-refractivity contribution is 0.262. The van der Waals surface area contributed by atoms with Crippen molar-refractivity contribution >= 4 is 23.0 Å². The van der Waals surface area contributed by atoms with Gasteiger partial charge in [0.15, 0.2) is 0 Å². The zero-order valence-electron chi connectivity index (χ0n) is 16.2. The minimum atomic E-state index is 0.000279. The fraction of sp³-hybridized carbons (Fsp3) is 0.500. The molecule has 0 unspecified atom stereocenters. The Bertz CT molecular complexity index is 856. The molecule has 0 saturated heterocycles. The van der Waals surface area contributed by atoms with Crippen molar-refractivity contribution in [2.75, 3.05) is 23.0 Å². The predicted octanol–water partition coefficient (Wildman–Crippen LogP) is 3.01. The van der Waals surface area contributed by atoms with Gasteiger partial charge in [0.1, 0.15) is 18.0 Å². The van der Waals surface area contributed by atoms with Gasteiger partial charge in [-0.05, 0) is 56.8 Å². The molecule has 2 aliphatic rings. The second-order valence-corrected chi connectivity index (χ2v) is 7.76. The maximum atomic E-state index is 6.01. The minimum absolute atomic E-state index is 0.000279. The molecule has 0 radical (unpaired) electrons. The number of rotatable bonds is 4. The first-order valence-corrected chi connectivity index (χ1v) is 9.80. The van der Waals surface area contributed by atoms with E-state index in [4.69, 9.17) is 11.5 Å². The van der Waals surface area contributed by atoms with Crippen molar-refractivity contribution in [1.82, 2.24) is 15.4 Å². The molecular weight excluding hydrogens is 338 g/mol. The van der Waals surface area contributed by atoms with E-state index in [0.29, 0.717) is 12.4 Å². The molecule has 4 rings (SSSR count). The summed E-state index contributed by atoms with van der Waals surface area (Å²) in [5.41, 5.74) is 26.1. The van der Waals surface area contributed by atoms with E-state index in [1.807, 2.05) is 6.92 Å². The van der Waals surface area contributed by atoms with E-state index in [1.54, 1.807) is 0 Å². The number of hydrogen-bond acceptors (Lipinski definition) is 7. The van der Waals surface area contributed by atoms with Crippen molar-refractivity contribution in [3.63, 3.8) is 0 Å². The number of aryl methyl sites for hydroxylation is 1. The maximum absolute atomic E-state index is 6.01. The van der Waals surface area contributed by atoms with Crippen LogP contribution in [-0.4, -0.2) is 16.5 Å². The van der Waals surface area contributed by atoms with E-state index in [9.17, 15) is 0 Å². The predicted molar refractivity (Wildman–Crippen MR) is 110 cm³/mol. The Morgan fingerprint density at radius 3 is 2.70 bits per heavy atom. The van der Waals surface area contributed by atoms with Gasteiger partial charge in [-0.25, -0.2) is 15.4 Å². The Morgan fingerprint density at radius 1 is 1.19 bits per heavy atom. The first-order valence-electron chi connectivity index (χ1n) is 9.80. The summed E-state index contributed by atoms with van der Waals surface area (Å²) in [4.78, 5) is 8.47. The lowest BCUT2D eigenvalue weighted by atomic mass is 9.74. The Hall–Kier alpha value is -2.38. The van der Waals surface area contributed by atoms with Crippen LogP contribution in [0.3, 0.4) is 0 Å². The summed E-state index contributed by atoms with van der Waals surface area (Å²) in [5.74, 6) is 1.24. The number of hydrogen-bond donors (Lipinski definition) is 5. The second kappa shape index (κ2) is 6.98. The molecule has 0 atom stereocenters. The lowest BCUT2D eigenvalue weighted by Gasteiger charge is -2.35. The Balaban J connectivity index is 1.84. The number of anilines is 4. The summed E-state index contributed by atoms with van der Waals surface area (Å²) >= 11 is 0. The summed E-state index contributed by atoms with van der Waals surface area (Å²) in [6.45, 7) is 4.69. The van der Waals surface area contributed by atoms with Crippen LogP contribution in [-0.2, 0) is 12.0 Å². The molecule has 1 fully saturated rings. The summed E-state index contributed by atoms with van der Waals surface area (Å²) in [5, 5.41) is 3.52. The number of nitrogens with one attached hydrogen (secondary N) is 3. The largest absolute Gasteiger partial charge is 0.383 e. The van der Waals surface area contributed by atoms with Crippen LogP contribution >= 0.6 is 0 Å². The van der Waals surface area contributed by atoms with Crippen molar-refractivity contribution in [3.8, 4) is 0 Å². The average molecular weight is 368 g/mol. The zero-order valence-corrected chi connectivity index (χ0v) is 16.2. The van der Waals surface area contributed by atoms with Gasteiger partial charge in [0, 0.05) is 16.8 Å². The highest BCUT2D eigenvalue weighted by atomic mass is 15.4. The highest BCUT2D eigenvalue weighted by molar-refractivity contribution is 5.77. The van der Waals surface area contributed by atoms with Gasteiger partial charge in [-0.1, -0.05) is 19.3 Å². The van der Waals surface area contributed by atoms with Crippen molar-refractivity contribution in [1.29, 1.82) is 0 Å². The molecule has 1 spiro atoms. The van der Waals surface area contributed by atoms with Crippen molar-refractivity contribution < 1.29 is 0 Å². The molecule has 0 amide bonds. The van der Waals surface area contributed by atoms with Crippen molar-refractivity contribution in [2.45, 2.75) is 57.9 Å². The molecule has 27 heavy (non-hydrogen) atoms. The van der Waals surface area contributed by atoms with Gasteiger partial charge in [-0.15, -0.1) is 0 Å². The molecule has 1 aromatic heterocycles. The number of benzene rings is 1.